The van der Waals surface area contributed by atoms with Crippen LogP contribution in [-0.2, 0) is 14.3 Å². The molecular weight excluding hydrogens is 462 g/mol. The highest BCUT2D eigenvalue weighted by Crippen LogP contribution is 2.31. The third kappa shape index (κ3) is 9.84. The molecule has 1 amide bonds. The molecule has 2 rings (SSSR count). The van der Waals surface area contributed by atoms with Crippen molar-refractivity contribution in [3.63, 3.8) is 0 Å². The number of hydrogen-bond donors (Lipinski definition) is 2. The number of aliphatic hydroxyl groups excluding tert-OH is 1. The Hall–Kier alpha value is -3.78. The molecule has 0 aliphatic carbocycles. The van der Waals surface area contributed by atoms with Gasteiger partial charge in [-0.05, 0) is 67.8 Å². The van der Waals surface area contributed by atoms with E-state index >= 15 is 0 Å². The van der Waals surface area contributed by atoms with Crippen molar-refractivity contribution >= 4 is 17.7 Å². The van der Waals surface area contributed by atoms with Crippen molar-refractivity contribution in [2.24, 2.45) is 5.92 Å². The minimum Gasteiger partial charge on any atom is -0.497 e. The zero-order chi connectivity index (χ0) is 26.3. The van der Waals surface area contributed by atoms with E-state index in [1.165, 1.54) is 6.08 Å². The van der Waals surface area contributed by atoms with E-state index < -0.39 is 12.2 Å². The van der Waals surface area contributed by atoms with E-state index in [-0.39, 0.29) is 25.1 Å². The van der Waals surface area contributed by atoms with Gasteiger partial charge in [-0.25, -0.2) is 9.59 Å². The van der Waals surface area contributed by atoms with E-state index in [0.29, 0.717) is 30.2 Å². The number of nitrogens with one attached hydrogen (secondary N) is 1. The van der Waals surface area contributed by atoms with Gasteiger partial charge in [0.05, 0.1) is 20.3 Å². The van der Waals surface area contributed by atoms with Crippen molar-refractivity contribution in [1.29, 1.82) is 0 Å². The first kappa shape index (κ1) is 28.5. The quantitative estimate of drug-likeness (QED) is 0.215. The smallest absolute Gasteiger partial charge is 0.412 e. The van der Waals surface area contributed by atoms with Crippen LogP contribution in [0.3, 0.4) is 0 Å². The largest absolute Gasteiger partial charge is 0.497 e. The van der Waals surface area contributed by atoms with Crippen LogP contribution in [0.5, 0.6) is 11.5 Å². The van der Waals surface area contributed by atoms with E-state index in [1.54, 1.807) is 50.4 Å². The normalized spacial score (nSPS) is 13.1. The van der Waals surface area contributed by atoms with Crippen LogP contribution < -0.4 is 14.8 Å². The van der Waals surface area contributed by atoms with Crippen LogP contribution in [0.25, 0.3) is 0 Å². The van der Waals surface area contributed by atoms with Gasteiger partial charge in [0.1, 0.15) is 24.2 Å². The summed E-state index contributed by atoms with van der Waals surface area (Å²) in [4.78, 5) is 24.3. The molecule has 2 N–H and O–H groups in total. The SMILES string of the molecule is CCOC(=O)/C=C(C)/C=C/C[C@@H](C)[C@@H](OC(=O)Nc1ccc(OC)cc1)c1ccc(OCCO)cc1. The second-order valence-corrected chi connectivity index (χ2v) is 8.08. The first-order valence-corrected chi connectivity index (χ1v) is 11.8. The maximum Gasteiger partial charge on any atom is 0.412 e. The van der Waals surface area contributed by atoms with Crippen LogP contribution >= 0.6 is 0 Å². The number of rotatable bonds is 13. The van der Waals surface area contributed by atoms with E-state index in [1.807, 2.05) is 38.1 Å². The summed E-state index contributed by atoms with van der Waals surface area (Å²) in [7, 11) is 1.57. The molecule has 0 saturated carbocycles. The first-order chi connectivity index (χ1) is 17.4. The Balaban J connectivity index is 2.14. The molecule has 2 aromatic rings. The molecular formula is C28H35NO7. The van der Waals surface area contributed by atoms with E-state index in [0.717, 1.165) is 11.1 Å². The number of aliphatic hydroxyl groups is 1. The number of carbonyl (C=O) groups excluding carboxylic acids is 2. The highest BCUT2D eigenvalue weighted by atomic mass is 16.6. The fraction of sp³-hybridized carbons (Fsp3) is 0.357. The Morgan fingerprint density at radius 3 is 2.33 bits per heavy atom. The highest BCUT2D eigenvalue weighted by Gasteiger charge is 2.23. The molecule has 0 radical (unpaired) electrons. The standard InChI is InChI=1S/C28H35NO7/c1-5-34-26(31)19-20(2)7-6-8-21(3)27(22-9-13-25(14-10-22)35-18-17-30)36-28(32)29-23-11-15-24(33-4)16-12-23/h6-7,9-16,19,21,27,30H,5,8,17-18H2,1-4H3,(H,29,32)/b7-6+,20-19+/t21-,27-/m1/s1. The first-order valence-electron chi connectivity index (χ1n) is 11.8. The Morgan fingerprint density at radius 2 is 1.72 bits per heavy atom. The van der Waals surface area contributed by atoms with Crippen molar-refractivity contribution in [2.75, 3.05) is 32.2 Å². The van der Waals surface area contributed by atoms with Gasteiger partial charge in [0.2, 0.25) is 0 Å². The monoisotopic (exact) mass is 497 g/mol. The summed E-state index contributed by atoms with van der Waals surface area (Å²) >= 11 is 0. The Kier molecular flexibility index (Phi) is 12.1. The third-order valence-electron chi connectivity index (χ3n) is 5.18. The van der Waals surface area contributed by atoms with Crippen LogP contribution in [0.1, 0.15) is 38.9 Å². The van der Waals surface area contributed by atoms with Crippen molar-refractivity contribution in [3.05, 3.63) is 77.9 Å². The van der Waals surface area contributed by atoms with Crippen molar-refractivity contribution in [3.8, 4) is 11.5 Å². The zero-order valence-electron chi connectivity index (χ0n) is 21.2. The molecule has 0 fully saturated rings. The second kappa shape index (κ2) is 15.3. The van der Waals surface area contributed by atoms with Gasteiger partial charge in [-0.2, -0.15) is 0 Å². The Morgan fingerprint density at radius 1 is 1.06 bits per heavy atom. The van der Waals surface area contributed by atoms with Gasteiger partial charge in [-0.1, -0.05) is 31.2 Å². The Labute approximate surface area is 212 Å². The number of amides is 1. The van der Waals surface area contributed by atoms with Crippen LogP contribution in [0.2, 0.25) is 0 Å². The van der Waals surface area contributed by atoms with E-state index in [4.69, 9.17) is 24.1 Å². The number of anilines is 1. The molecule has 0 aliphatic rings. The van der Waals surface area contributed by atoms with Gasteiger partial charge < -0.3 is 24.1 Å². The lowest BCUT2D eigenvalue weighted by molar-refractivity contribution is -0.137. The molecule has 0 spiro atoms. The fourth-order valence-electron chi connectivity index (χ4n) is 3.38. The molecule has 0 bridgehead atoms. The van der Waals surface area contributed by atoms with E-state index in [9.17, 15) is 9.59 Å². The molecule has 0 unspecified atom stereocenters. The van der Waals surface area contributed by atoms with Crippen LogP contribution in [-0.4, -0.2) is 44.1 Å². The van der Waals surface area contributed by atoms with Gasteiger partial charge in [0.15, 0.2) is 0 Å². The second-order valence-electron chi connectivity index (χ2n) is 8.08. The van der Waals surface area contributed by atoms with Gasteiger partial charge in [0, 0.05) is 17.7 Å². The number of hydrogen-bond acceptors (Lipinski definition) is 7. The van der Waals surface area contributed by atoms with Crippen LogP contribution in [0.15, 0.2) is 72.3 Å². The summed E-state index contributed by atoms with van der Waals surface area (Å²) in [5, 5.41) is 11.7. The molecule has 0 saturated heterocycles. The van der Waals surface area contributed by atoms with Crippen molar-refractivity contribution in [2.45, 2.75) is 33.3 Å². The molecule has 2 atom stereocenters. The zero-order valence-corrected chi connectivity index (χ0v) is 21.2. The summed E-state index contributed by atoms with van der Waals surface area (Å²) in [6.07, 6.45) is 4.68. The molecule has 0 heterocycles. The predicted octanol–water partition coefficient (Wildman–Crippen LogP) is 5.45. The number of benzene rings is 2. The number of ether oxygens (including phenoxy) is 4. The average molecular weight is 498 g/mol. The summed E-state index contributed by atoms with van der Waals surface area (Å²) in [5.41, 5.74) is 2.15. The minimum absolute atomic E-state index is 0.0770. The number of allylic oxidation sites excluding steroid dienone is 3. The minimum atomic E-state index is -0.583. The molecule has 8 heteroatoms. The summed E-state index contributed by atoms with van der Waals surface area (Å²) in [5.74, 6) is 0.833. The molecule has 2 aromatic carbocycles. The summed E-state index contributed by atoms with van der Waals surface area (Å²) in [6.45, 7) is 6.01. The molecule has 0 aromatic heterocycles. The van der Waals surface area contributed by atoms with Crippen LogP contribution in [0, 0.1) is 5.92 Å². The highest BCUT2D eigenvalue weighted by molar-refractivity contribution is 5.85. The van der Waals surface area contributed by atoms with Gasteiger partial charge in [-0.15, -0.1) is 0 Å². The van der Waals surface area contributed by atoms with Gasteiger partial charge in [0.25, 0.3) is 0 Å². The topological polar surface area (TPSA) is 103 Å². The molecule has 0 aliphatic heterocycles. The number of methoxy groups -OCH3 is 1. The van der Waals surface area contributed by atoms with Gasteiger partial charge in [-0.3, -0.25) is 5.32 Å². The fourth-order valence-corrected chi connectivity index (χ4v) is 3.38. The molecule has 8 nitrogen and oxygen atoms in total. The molecule has 36 heavy (non-hydrogen) atoms. The third-order valence-corrected chi connectivity index (χ3v) is 5.18. The van der Waals surface area contributed by atoms with E-state index in [2.05, 4.69) is 5.32 Å². The number of carbonyl (C=O) groups is 2. The summed E-state index contributed by atoms with van der Waals surface area (Å²) < 4.78 is 21.4. The lowest BCUT2D eigenvalue weighted by Gasteiger charge is -2.24. The number of esters is 1. The van der Waals surface area contributed by atoms with Crippen molar-refractivity contribution in [1.82, 2.24) is 0 Å². The molecule has 194 valence electrons. The van der Waals surface area contributed by atoms with Crippen LogP contribution in [0.4, 0.5) is 10.5 Å². The summed E-state index contributed by atoms with van der Waals surface area (Å²) in [6, 6.07) is 14.2. The Bertz CT molecular complexity index is 1010. The maximum atomic E-state index is 12.7. The lowest BCUT2D eigenvalue weighted by Crippen LogP contribution is -2.21. The van der Waals surface area contributed by atoms with Gasteiger partial charge >= 0.3 is 12.1 Å². The predicted molar refractivity (Wildman–Crippen MR) is 138 cm³/mol. The lowest BCUT2D eigenvalue weighted by atomic mass is 9.94. The maximum absolute atomic E-state index is 12.7. The average Bonchev–Trinajstić information content (AvgIpc) is 2.87. The van der Waals surface area contributed by atoms with Crippen molar-refractivity contribution < 1.29 is 33.6 Å².